The van der Waals surface area contributed by atoms with Gasteiger partial charge in [-0.05, 0) is 84.7 Å². The second-order valence-corrected chi connectivity index (χ2v) is 7.57. The van der Waals surface area contributed by atoms with Gasteiger partial charge in [-0.15, -0.1) is 0 Å². The predicted octanol–water partition coefficient (Wildman–Crippen LogP) is 5.97. The van der Waals surface area contributed by atoms with Crippen LogP contribution in [0.25, 0.3) is 0 Å². The third-order valence-corrected chi connectivity index (χ3v) is 5.54. The summed E-state index contributed by atoms with van der Waals surface area (Å²) in [5.41, 5.74) is 4.80. The Bertz CT molecular complexity index is 693. The zero-order valence-electron chi connectivity index (χ0n) is 14.9. The molecule has 0 saturated heterocycles. The summed E-state index contributed by atoms with van der Waals surface area (Å²) >= 11 is 0. The average Bonchev–Trinajstić information content (AvgIpc) is 2.58. The van der Waals surface area contributed by atoms with E-state index in [1.807, 2.05) is 6.92 Å². The maximum atomic E-state index is 10.3. The quantitative estimate of drug-likeness (QED) is 0.730. The molecule has 0 amide bonds. The van der Waals surface area contributed by atoms with Gasteiger partial charge in [0.1, 0.15) is 11.5 Å². The lowest BCUT2D eigenvalue weighted by molar-refractivity contribution is 0.394. The van der Waals surface area contributed by atoms with Crippen LogP contribution in [0, 0.1) is 6.92 Å². The Labute approximate surface area is 145 Å². The number of aryl methyl sites for hydroxylation is 1. The Morgan fingerprint density at radius 2 is 1.38 bits per heavy atom. The van der Waals surface area contributed by atoms with Crippen molar-refractivity contribution in [2.24, 2.45) is 0 Å². The van der Waals surface area contributed by atoms with Gasteiger partial charge in [-0.2, -0.15) is 0 Å². The Morgan fingerprint density at radius 3 is 1.92 bits per heavy atom. The highest BCUT2D eigenvalue weighted by atomic mass is 16.3. The fourth-order valence-corrected chi connectivity index (χ4v) is 4.02. The minimum absolute atomic E-state index is 0.341. The van der Waals surface area contributed by atoms with Gasteiger partial charge in [-0.1, -0.05) is 38.1 Å². The molecule has 1 fully saturated rings. The first kappa shape index (κ1) is 16.9. The first-order valence-corrected chi connectivity index (χ1v) is 9.08. The second-order valence-electron chi connectivity index (χ2n) is 7.57. The molecule has 0 aliphatic heterocycles. The maximum Gasteiger partial charge on any atom is 0.121 e. The molecule has 0 heterocycles. The van der Waals surface area contributed by atoms with Gasteiger partial charge in [0, 0.05) is 0 Å². The molecule has 2 heteroatoms. The standard InChI is InChI=1S/C22H28O2/c1-14(2)21-13-19(12-15(3)22(21)24)18-6-4-16(5-7-18)17-8-10-20(23)11-9-17/h8-14,16,18,23-24H,4-7H2,1-3H3. The minimum Gasteiger partial charge on any atom is -0.508 e. The molecule has 0 aromatic heterocycles. The Balaban J connectivity index is 1.74. The van der Waals surface area contributed by atoms with Crippen molar-refractivity contribution in [1.82, 2.24) is 0 Å². The Morgan fingerprint density at radius 1 is 0.833 bits per heavy atom. The summed E-state index contributed by atoms with van der Waals surface area (Å²) in [7, 11) is 0. The molecule has 0 bridgehead atoms. The van der Waals surface area contributed by atoms with Crippen LogP contribution in [0.4, 0.5) is 0 Å². The molecular formula is C22H28O2. The largest absolute Gasteiger partial charge is 0.508 e. The van der Waals surface area contributed by atoms with E-state index in [4.69, 9.17) is 0 Å². The third-order valence-electron chi connectivity index (χ3n) is 5.54. The van der Waals surface area contributed by atoms with Crippen LogP contribution >= 0.6 is 0 Å². The summed E-state index contributed by atoms with van der Waals surface area (Å²) in [5.74, 6) is 2.34. The highest BCUT2D eigenvalue weighted by Crippen LogP contribution is 2.42. The van der Waals surface area contributed by atoms with E-state index in [1.54, 1.807) is 12.1 Å². The highest BCUT2D eigenvalue weighted by molar-refractivity contribution is 5.45. The molecule has 1 aliphatic carbocycles. The van der Waals surface area contributed by atoms with Gasteiger partial charge in [0.05, 0.1) is 0 Å². The van der Waals surface area contributed by atoms with Crippen LogP contribution in [-0.4, -0.2) is 10.2 Å². The average molecular weight is 324 g/mol. The number of hydrogen-bond acceptors (Lipinski definition) is 2. The van der Waals surface area contributed by atoms with Crippen LogP contribution in [0.2, 0.25) is 0 Å². The van der Waals surface area contributed by atoms with Gasteiger partial charge in [0.25, 0.3) is 0 Å². The molecule has 1 aliphatic rings. The van der Waals surface area contributed by atoms with Crippen molar-refractivity contribution in [1.29, 1.82) is 0 Å². The summed E-state index contributed by atoms with van der Waals surface area (Å²) in [5, 5.41) is 19.7. The number of aromatic hydroxyl groups is 2. The van der Waals surface area contributed by atoms with E-state index in [9.17, 15) is 10.2 Å². The zero-order valence-corrected chi connectivity index (χ0v) is 14.9. The summed E-state index contributed by atoms with van der Waals surface area (Å²) < 4.78 is 0. The molecule has 0 atom stereocenters. The number of rotatable bonds is 3. The van der Waals surface area contributed by atoms with Gasteiger partial charge in [-0.25, -0.2) is 0 Å². The van der Waals surface area contributed by atoms with Crippen molar-refractivity contribution < 1.29 is 10.2 Å². The minimum atomic E-state index is 0.341. The number of phenolic OH excluding ortho intramolecular Hbond substituents is 2. The topological polar surface area (TPSA) is 40.5 Å². The van der Waals surface area contributed by atoms with Crippen LogP contribution in [-0.2, 0) is 0 Å². The van der Waals surface area contributed by atoms with E-state index in [-0.39, 0.29) is 0 Å². The number of hydrogen-bond donors (Lipinski definition) is 2. The van der Waals surface area contributed by atoms with E-state index >= 15 is 0 Å². The molecule has 2 aromatic rings. The van der Waals surface area contributed by atoms with Gasteiger partial charge >= 0.3 is 0 Å². The number of phenols is 2. The molecular weight excluding hydrogens is 296 g/mol. The molecule has 0 spiro atoms. The molecule has 128 valence electrons. The monoisotopic (exact) mass is 324 g/mol. The summed E-state index contributed by atoms with van der Waals surface area (Å²) in [6.07, 6.45) is 4.75. The predicted molar refractivity (Wildman–Crippen MR) is 99.0 cm³/mol. The van der Waals surface area contributed by atoms with Crippen LogP contribution in [0.5, 0.6) is 11.5 Å². The SMILES string of the molecule is Cc1cc(C2CCC(c3ccc(O)cc3)CC2)cc(C(C)C)c1O. The van der Waals surface area contributed by atoms with Crippen molar-refractivity contribution in [3.63, 3.8) is 0 Å². The van der Waals surface area contributed by atoms with Crippen molar-refractivity contribution in [2.75, 3.05) is 0 Å². The van der Waals surface area contributed by atoms with Crippen LogP contribution in [0.3, 0.4) is 0 Å². The van der Waals surface area contributed by atoms with Gasteiger partial charge in [0.15, 0.2) is 0 Å². The molecule has 0 radical (unpaired) electrons. The van der Waals surface area contributed by atoms with Crippen molar-refractivity contribution in [3.05, 3.63) is 58.7 Å². The number of benzene rings is 2. The lowest BCUT2D eigenvalue weighted by Gasteiger charge is -2.30. The first-order chi connectivity index (χ1) is 11.5. The normalized spacial score (nSPS) is 21.2. The Hall–Kier alpha value is -1.96. The molecule has 2 aromatic carbocycles. The van der Waals surface area contributed by atoms with Gasteiger partial charge < -0.3 is 10.2 Å². The van der Waals surface area contributed by atoms with Crippen molar-refractivity contribution >= 4 is 0 Å². The molecule has 0 unspecified atom stereocenters. The van der Waals surface area contributed by atoms with E-state index in [0.29, 0.717) is 29.3 Å². The van der Waals surface area contributed by atoms with Gasteiger partial charge in [-0.3, -0.25) is 0 Å². The molecule has 2 nitrogen and oxygen atoms in total. The molecule has 24 heavy (non-hydrogen) atoms. The Kier molecular flexibility index (Phi) is 4.84. The molecule has 1 saturated carbocycles. The maximum absolute atomic E-state index is 10.3. The fraction of sp³-hybridized carbons (Fsp3) is 0.455. The molecule has 2 N–H and O–H groups in total. The van der Waals surface area contributed by atoms with E-state index in [1.165, 1.54) is 36.8 Å². The van der Waals surface area contributed by atoms with Crippen molar-refractivity contribution in [3.8, 4) is 11.5 Å². The zero-order chi connectivity index (χ0) is 17.3. The lowest BCUT2D eigenvalue weighted by atomic mass is 9.75. The highest BCUT2D eigenvalue weighted by Gasteiger charge is 2.24. The van der Waals surface area contributed by atoms with E-state index in [0.717, 1.165) is 11.1 Å². The van der Waals surface area contributed by atoms with E-state index < -0.39 is 0 Å². The summed E-state index contributed by atoms with van der Waals surface area (Å²) in [6, 6.07) is 12.1. The lowest BCUT2D eigenvalue weighted by Crippen LogP contribution is -2.12. The third kappa shape index (κ3) is 3.43. The van der Waals surface area contributed by atoms with Crippen molar-refractivity contribution in [2.45, 2.75) is 64.2 Å². The fourth-order valence-electron chi connectivity index (χ4n) is 4.02. The van der Waals surface area contributed by atoms with Crippen LogP contribution < -0.4 is 0 Å². The first-order valence-electron chi connectivity index (χ1n) is 9.08. The van der Waals surface area contributed by atoms with E-state index in [2.05, 4.69) is 38.1 Å². The van der Waals surface area contributed by atoms with Crippen LogP contribution in [0.1, 0.15) is 79.5 Å². The van der Waals surface area contributed by atoms with Gasteiger partial charge in [0.2, 0.25) is 0 Å². The van der Waals surface area contributed by atoms with Crippen LogP contribution in [0.15, 0.2) is 36.4 Å². The second kappa shape index (κ2) is 6.88. The molecule has 3 rings (SSSR count). The smallest absolute Gasteiger partial charge is 0.121 e. The summed E-state index contributed by atoms with van der Waals surface area (Å²) in [6.45, 7) is 6.28. The summed E-state index contributed by atoms with van der Waals surface area (Å²) in [4.78, 5) is 0.